The normalized spacial score (nSPS) is 10.8. The fraction of sp³-hybridized carbons (Fsp3) is 0.133. The average molecular weight is 533 g/mol. The van der Waals surface area contributed by atoms with E-state index in [-0.39, 0.29) is 12.4 Å². The molecule has 1 N–H and O–H groups in total. The summed E-state index contributed by atoms with van der Waals surface area (Å²) in [6.45, 7) is 2.88. The Balaban J connectivity index is 1.41. The van der Waals surface area contributed by atoms with Gasteiger partial charge in [-0.1, -0.05) is 54.1 Å². The van der Waals surface area contributed by atoms with Crippen molar-refractivity contribution in [3.05, 3.63) is 124 Å². The number of nitrogens with one attached hydrogen (secondary N) is 1. The maximum atomic E-state index is 13.1. The van der Waals surface area contributed by atoms with E-state index in [0.29, 0.717) is 46.6 Å². The zero-order chi connectivity index (χ0) is 26.7. The van der Waals surface area contributed by atoms with E-state index in [9.17, 15) is 9.18 Å². The van der Waals surface area contributed by atoms with Crippen molar-refractivity contribution in [1.82, 2.24) is 5.43 Å². The molecule has 38 heavy (non-hydrogen) atoms. The standard InChI is InChI=1S/C30H26ClFN2O4/c1-2-36-29-17-23(10-14-28(29)38-19-21-6-4-3-5-7-21)30(35)34-33-18-24-16-25(31)11-15-27(24)37-20-22-8-12-26(32)13-9-22/h3-18H,2,19-20H2,1H3,(H,34,35)/b33-18+. The van der Waals surface area contributed by atoms with Crippen LogP contribution in [-0.4, -0.2) is 18.7 Å². The SMILES string of the molecule is CCOc1cc(C(=O)N/N=C/c2cc(Cl)ccc2OCc2ccc(F)cc2)ccc1OCc1ccccc1. The minimum atomic E-state index is -0.423. The first-order valence-electron chi connectivity index (χ1n) is 12.0. The summed E-state index contributed by atoms with van der Waals surface area (Å²) in [6.07, 6.45) is 1.45. The van der Waals surface area contributed by atoms with Crippen LogP contribution in [0.1, 0.15) is 34.0 Å². The predicted octanol–water partition coefficient (Wildman–Crippen LogP) is 6.80. The van der Waals surface area contributed by atoms with Crippen LogP contribution >= 0.6 is 11.6 Å². The Morgan fingerprint density at radius 2 is 1.53 bits per heavy atom. The Morgan fingerprint density at radius 1 is 0.842 bits per heavy atom. The van der Waals surface area contributed by atoms with E-state index in [1.807, 2.05) is 37.3 Å². The molecule has 0 fully saturated rings. The van der Waals surface area contributed by atoms with Gasteiger partial charge in [-0.2, -0.15) is 5.10 Å². The average Bonchev–Trinajstić information content (AvgIpc) is 2.93. The maximum Gasteiger partial charge on any atom is 0.271 e. The lowest BCUT2D eigenvalue weighted by molar-refractivity contribution is 0.0954. The molecule has 0 aliphatic rings. The first-order valence-corrected chi connectivity index (χ1v) is 12.3. The summed E-state index contributed by atoms with van der Waals surface area (Å²) in [5.74, 6) is 0.776. The highest BCUT2D eigenvalue weighted by molar-refractivity contribution is 6.30. The lowest BCUT2D eigenvalue weighted by Gasteiger charge is -2.13. The van der Waals surface area contributed by atoms with Gasteiger partial charge in [-0.15, -0.1) is 0 Å². The summed E-state index contributed by atoms with van der Waals surface area (Å²) in [6, 6.07) is 25.8. The summed E-state index contributed by atoms with van der Waals surface area (Å²) in [7, 11) is 0. The largest absolute Gasteiger partial charge is 0.490 e. The van der Waals surface area contributed by atoms with Gasteiger partial charge in [-0.3, -0.25) is 4.79 Å². The van der Waals surface area contributed by atoms with Crippen LogP contribution in [0.5, 0.6) is 17.2 Å². The van der Waals surface area contributed by atoms with Crippen molar-refractivity contribution in [2.75, 3.05) is 6.61 Å². The van der Waals surface area contributed by atoms with Crippen LogP contribution in [-0.2, 0) is 13.2 Å². The highest BCUT2D eigenvalue weighted by atomic mass is 35.5. The van der Waals surface area contributed by atoms with Crippen LogP contribution in [0.25, 0.3) is 0 Å². The maximum absolute atomic E-state index is 13.1. The molecule has 8 heteroatoms. The van der Waals surface area contributed by atoms with Crippen molar-refractivity contribution >= 4 is 23.7 Å². The van der Waals surface area contributed by atoms with E-state index in [2.05, 4.69) is 10.5 Å². The molecule has 194 valence electrons. The van der Waals surface area contributed by atoms with Gasteiger partial charge >= 0.3 is 0 Å². The number of nitrogens with zero attached hydrogens (tertiary/aromatic N) is 1. The van der Waals surface area contributed by atoms with Crippen LogP contribution in [0.3, 0.4) is 0 Å². The summed E-state index contributed by atoms with van der Waals surface area (Å²) >= 11 is 6.14. The van der Waals surface area contributed by atoms with Crippen LogP contribution in [0.2, 0.25) is 5.02 Å². The molecule has 4 rings (SSSR count). The molecule has 4 aromatic rings. The van der Waals surface area contributed by atoms with Gasteiger partial charge in [0.05, 0.1) is 12.8 Å². The zero-order valence-electron chi connectivity index (χ0n) is 20.7. The molecule has 4 aromatic carbocycles. The molecule has 0 aliphatic carbocycles. The third-order valence-electron chi connectivity index (χ3n) is 5.39. The molecule has 0 unspecified atom stereocenters. The third kappa shape index (κ3) is 7.57. The molecule has 0 spiro atoms. The van der Waals surface area contributed by atoms with Gasteiger partial charge in [0.15, 0.2) is 11.5 Å². The summed E-state index contributed by atoms with van der Waals surface area (Å²) < 4.78 is 30.6. The van der Waals surface area contributed by atoms with E-state index in [0.717, 1.165) is 11.1 Å². The second-order valence-corrected chi connectivity index (χ2v) is 8.60. The highest BCUT2D eigenvalue weighted by Crippen LogP contribution is 2.29. The van der Waals surface area contributed by atoms with E-state index < -0.39 is 5.91 Å². The molecular weight excluding hydrogens is 507 g/mol. The van der Waals surface area contributed by atoms with Crippen molar-refractivity contribution in [2.24, 2.45) is 5.10 Å². The molecule has 0 bridgehead atoms. The topological polar surface area (TPSA) is 69.2 Å². The summed E-state index contributed by atoms with van der Waals surface area (Å²) in [4.78, 5) is 12.8. The monoisotopic (exact) mass is 532 g/mol. The van der Waals surface area contributed by atoms with Gasteiger partial charge in [0.1, 0.15) is 24.8 Å². The first-order chi connectivity index (χ1) is 18.5. The fourth-order valence-electron chi connectivity index (χ4n) is 3.49. The Labute approximate surface area is 225 Å². The molecule has 0 aromatic heterocycles. The minimum Gasteiger partial charge on any atom is -0.490 e. The fourth-order valence-corrected chi connectivity index (χ4v) is 3.67. The van der Waals surface area contributed by atoms with Crippen molar-refractivity contribution in [2.45, 2.75) is 20.1 Å². The molecule has 0 radical (unpaired) electrons. The molecule has 0 heterocycles. The Hall–Kier alpha value is -4.36. The number of rotatable bonds is 11. The molecule has 0 aliphatic heterocycles. The predicted molar refractivity (Wildman–Crippen MR) is 146 cm³/mol. The van der Waals surface area contributed by atoms with Crippen molar-refractivity contribution in [1.29, 1.82) is 0 Å². The molecule has 0 saturated carbocycles. The van der Waals surface area contributed by atoms with Crippen LogP contribution < -0.4 is 19.6 Å². The number of ether oxygens (including phenoxy) is 3. The number of hydrogen-bond donors (Lipinski definition) is 1. The lowest BCUT2D eigenvalue weighted by atomic mass is 10.2. The number of carbonyl (C=O) groups excluding carboxylic acids is 1. The van der Waals surface area contributed by atoms with Crippen LogP contribution in [0.4, 0.5) is 4.39 Å². The Kier molecular flexibility index (Phi) is 9.32. The number of carbonyl (C=O) groups is 1. The Bertz CT molecular complexity index is 1400. The first kappa shape index (κ1) is 26.7. The highest BCUT2D eigenvalue weighted by Gasteiger charge is 2.12. The van der Waals surface area contributed by atoms with E-state index in [1.54, 1.807) is 48.5 Å². The van der Waals surface area contributed by atoms with Gasteiger partial charge < -0.3 is 14.2 Å². The van der Waals surface area contributed by atoms with Gasteiger partial charge in [0, 0.05) is 16.1 Å². The Morgan fingerprint density at radius 3 is 2.26 bits per heavy atom. The van der Waals surface area contributed by atoms with Crippen LogP contribution in [0.15, 0.2) is 96.1 Å². The van der Waals surface area contributed by atoms with E-state index >= 15 is 0 Å². The van der Waals surface area contributed by atoms with Crippen molar-refractivity contribution < 1.29 is 23.4 Å². The lowest BCUT2D eigenvalue weighted by Crippen LogP contribution is -2.18. The minimum absolute atomic E-state index is 0.230. The summed E-state index contributed by atoms with van der Waals surface area (Å²) in [5, 5.41) is 4.56. The molecule has 0 saturated heterocycles. The van der Waals surface area contributed by atoms with Gasteiger partial charge in [0.2, 0.25) is 0 Å². The molecular formula is C30H26ClFN2O4. The van der Waals surface area contributed by atoms with Gasteiger partial charge in [-0.05, 0) is 66.6 Å². The number of hydrazone groups is 1. The van der Waals surface area contributed by atoms with Crippen molar-refractivity contribution in [3.8, 4) is 17.2 Å². The van der Waals surface area contributed by atoms with Gasteiger partial charge in [0.25, 0.3) is 5.91 Å². The van der Waals surface area contributed by atoms with E-state index in [1.165, 1.54) is 18.3 Å². The second-order valence-electron chi connectivity index (χ2n) is 8.17. The number of hydrogen-bond acceptors (Lipinski definition) is 5. The molecule has 1 amide bonds. The molecule has 6 nitrogen and oxygen atoms in total. The number of halogens is 2. The summed E-state index contributed by atoms with van der Waals surface area (Å²) in [5.41, 5.74) is 5.27. The molecule has 0 atom stereocenters. The second kappa shape index (κ2) is 13.3. The van der Waals surface area contributed by atoms with Crippen molar-refractivity contribution in [3.63, 3.8) is 0 Å². The number of benzene rings is 4. The van der Waals surface area contributed by atoms with E-state index in [4.69, 9.17) is 25.8 Å². The van der Waals surface area contributed by atoms with Gasteiger partial charge in [-0.25, -0.2) is 9.82 Å². The van der Waals surface area contributed by atoms with Crippen LogP contribution in [0, 0.1) is 5.82 Å². The smallest absolute Gasteiger partial charge is 0.271 e. The quantitative estimate of drug-likeness (QED) is 0.170. The third-order valence-corrected chi connectivity index (χ3v) is 5.63. The number of amides is 1. The zero-order valence-corrected chi connectivity index (χ0v) is 21.5.